The van der Waals surface area contributed by atoms with Crippen LogP contribution in [0.1, 0.15) is 0 Å². The van der Waals surface area contributed by atoms with E-state index >= 15 is 0 Å². The Morgan fingerprint density at radius 1 is 1.79 bits per heavy atom. The largest absolute Gasteiger partial charge is 0.480 e. The van der Waals surface area contributed by atoms with E-state index in [0.717, 1.165) is 0 Å². The first-order valence-electron chi connectivity index (χ1n) is 3.73. The third-order valence-electron chi connectivity index (χ3n) is 1.49. The van der Waals surface area contributed by atoms with Crippen LogP contribution in [0.4, 0.5) is 5.69 Å². The highest BCUT2D eigenvalue weighted by atomic mass is 32.1. The molecule has 0 amide bonds. The number of aliphatic carboxylic acids is 1. The quantitative estimate of drug-likeness (QED) is 0.563. The van der Waals surface area contributed by atoms with E-state index in [1.165, 1.54) is 11.3 Å². The first kappa shape index (κ1) is 10.5. The Morgan fingerprint density at radius 2 is 2.50 bits per heavy atom. The maximum atomic E-state index is 10.6. The van der Waals surface area contributed by atoms with Gasteiger partial charge >= 0.3 is 5.97 Å². The lowest BCUT2D eigenvalue weighted by molar-refractivity contribution is -0.480. The van der Waals surface area contributed by atoms with E-state index in [-0.39, 0.29) is 0 Å². The topological polar surface area (TPSA) is 92.5 Å². The molecule has 0 unspecified atom stereocenters. The Balaban J connectivity index is 2.60. The van der Waals surface area contributed by atoms with Gasteiger partial charge in [0.15, 0.2) is 6.04 Å². The summed E-state index contributed by atoms with van der Waals surface area (Å²) in [5.41, 5.74) is 0.587. The molecule has 0 aliphatic rings. The van der Waals surface area contributed by atoms with Crippen molar-refractivity contribution in [2.75, 3.05) is 11.9 Å². The molecule has 0 saturated heterocycles. The summed E-state index contributed by atoms with van der Waals surface area (Å²) in [6, 6.07) is 0.486. The molecule has 0 spiro atoms. The maximum Gasteiger partial charge on any atom is 0.333 e. The van der Waals surface area contributed by atoms with Gasteiger partial charge in [-0.15, -0.1) is 0 Å². The lowest BCUT2D eigenvalue weighted by Crippen LogP contribution is -2.35. The summed E-state index contributed by atoms with van der Waals surface area (Å²) in [5.74, 6) is -1.23. The fourth-order valence-corrected chi connectivity index (χ4v) is 1.48. The van der Waals surface area contributed by atoms with Gasteiger partial charge in [-0.25, -0.2) is 4.79 Å². The molecule has 0 aromatic carbocycles. The van der Waals surface area contributed by atoms with Gasteiger partial charge in [-0.05, 0) is 11.4 Å². The van der Waals surface area contributed by atoms with Crippen LogP contribution in [0.5, 0.6) is 0 Å². The number of carboxylic acid groups (broad SMARTS) is 1. The highest BCUT2D eigenvalue weighted by molar-refractivity contribution is 7.08. The van der Waals surface area contributed by atoms with Crippen molar-refractivity contribution < 1.29 is 14.8 Å². The van der Waals surface area contributed by atoms with E-state index < -0.39 is 23.5 Å². The third-order valence-corrected chi connectivity index (χ3v) is 2.18. The van der Waals surface area contributed by atoms with E-state index in [0.29, 0.717) is 5.69 Å². The number of thiophene rings is 1. The van der Waals surface area contributed by atoms with Gasteiger partial charge < -0.3 is 10.4 Å². The van der Waals surface area contributed by atoms with Gasteiger partial charge in [0.2, 0.25) is 6.54 Å². The second-order valence-electron chi connectivity index (χ2n) is 2.56. The summed E-state index contributed by atoms with van der Waals surface area (Å²) >= 11 is 1.39. The number of hydrogen-bond acceptors (Lipinski definition) is 5. The summed E-state index contributed by atoms with van der Waals surface area (Å²) in [6.45, 7) is -0.634. The molecule has 6 nitrogen and oxygen atoms in total. The number of carbonyl (C=O) groups is 1. The first-order chi connectivity index (χ1) is 6.59. The van der Waals surface area contributed by atoms with E-state index in [2.05, 4.69) is 5.32 Å². The number of nitrogens with zero attached hydrogens (tertiary/aromatic N) is 1. The van der Waals surface area contributed by atoms with Gasteiger partial charge in [-0.2, -0.15) is 11.3 Å². The first-order valence-corrected chi connectivity index (χ1v) is 4.67. The summed E-state index contributed by atoms with van der Waals surface area (Å²) < 4.78 is 0. The molecule has 2 N–H and O–H groups in total. The molecule has 1 heterocycles. The van der Waals surface area contributed by atoms with Crippen LogP contribution in [0.15, 0.2) is 16.8 Å². The fraction of sp³-hybridized carbons (Fsp3) is 0.286. The maximum absolute atomic E-state index is 10.6. The highest BCUT2D eigenvalue weighted by Gasteiger charge is 2.23. The monoisotopic (exact) mass is 216 g/mol. The molecule has 0 bridgehead atoms. The number of nitrogens with one attached hydrogen (secondary N) is 1. The molecule has 1 atom stereocenters. The minimum atomic E-state index is -1.23. The van der Waals surface area contributed by atoms with Crippen molar-refractivity contribution in [2.24, 2.45) is 0 Å². The molecular weight excluding hydrogens is 208 g/mol. The van der Waals surface area contributed by atoms with E-state index in [1.807, 2.05) is 0 Å². The van der Waals surface area contributed by atoms with Crippen molar-refractivity contribution in [3.8, 4) is 0 Å². The van der Waals surface area contributed by atoms with Crippen molar-refractivity contribution in [1.82, 2.24) is 0 Å². The fourth-order valence-electron chi connectivity index (χ4n) is 0.882. The van der Waals surface area contributed by atoms with Gasteiger partial charge in [0.25, 0.3) is 0 Å². The second-order valence-corrected chi connectivity index (χ2v) is 3.34. The minimum Gasteiger partial charge on any atom is -0.480 e. The van der Waals surface area contributed by atoms with Gasteiger partial charge in [0, 0.05) is 16.0 Å². The summed E-state index contributed by atoms with van der Waals surface area (Å²) in [4.78, 5) is 20.1. The molecule has 1 aromatic heterocycles. The normalized spacial score (nSPS) is 12.0. The smallest absolute Gasteiger partial charge is 0.333 e. The van der Waals surface area contributed by atoms with Crippen molar-refractivity contribution in [2.45, 2.75) is 6.04 Å². The number of rotatable bonds is 5. The predicted octanol–water partition coefficient (Wildman–Crippen LogP) is 0.890. The molecule has 0 aliphatic heterocycles. The lowest BCUT2D eigenvalue weighted by Gasteiger charge is -2.09. The molecule has 14 heavy (non-hydrogen) atoms. The van der Waals surface area contributed by atoms with Crippen molar-refractivity contribution in [3.05, 3.63) is 26.9 Å². The van der Waals surface area contributed by atoms with Gasteiger partial charge in [0.05, 0.1) is 0 Å². The summed E-state index contributed by atoms with van der Waals surface area (Å²) in [6.07, 6.45) is 0. The van der Waals surface area contributed by atoms with Crippen LogP contribution in [0, 0.1) is 10.1 Å². The van der Waals surface area contributed by atoms with Crippen molar-refractivity contribution in [1.29, 1.82) is 0 Å². The Hall–Kier alpha value is -1.63. The lowest BCUT2D eigenvalue weighted by atomic mass is 10.3. The average Bonchev–Trinajstić information content (AvgIpc) is 2.54. The summed E-state index contributed by atoms with van der Waals surface area (Å²) in [7, 11) is 0. The third kappa shape index (κ3) is 3.02. The molecule has 76 valence electrons. The Labute approximate surface area is 83.3 Å². The van der Waals surface area contributed by atoms with Crippen LogP contribution in [0.25, 0.3) is 0 Å². The molecule has 0 fully saturated rings. The average molecular weight is 216 g/mol. The molecule has 0 radical (unpaired) electrons. The second kappa shape index (κ2) is 4.56. The van der Waals surface area contributed by atoms with Crippen LogP contribution in [0.2, 0.25) is 0 Å². The Kier molecular flexibility index (Phi) is 3.41. The number of nitro groups is 1. The zero-order chi connectivity index (χ0) is 10.6. The van der Waals surface area contributed by atoms with Crippen LogP contribution in [-0.4, -0.2) is 28.6 Å². The zero-order valence-electron chi connectivity index (χ0n) is 7.04. The van der Waals surface area contributed by atoms with E-state index in [1.54, 1.807) is 16.8 Å². The summed E-state index contributed by atoms with van der Waals surface area (Å²) in [5, 5.41) is 24.8. The molecule has 0 saturated carbocycles. The zero-order valence-corrected chi connectivity index (χ0v) is 7.86. The van der Waals surface area contributed by atoms with Gasteiger partial charge in [-0.3, -0.25) is 10.1 Å². The standard InChI is InChI=1S/C7H8N2O4S/c10-7(11)6(3-9(12)13)8-5-1-2-14-4-5/h1-2,4,6,8H,3H2,(H,10,11)/t6-/m0/s1. The van der Waals surface area contributed by atoms with Crippen molar-refractivity contribution >= 4 is 23.0 Å². The number of hydrogen-bond donors (Lipinski definition) is 2. The van der Waals surface area contributed by atoms with Crippen LogP contribution in [0.3, 0.4) is 0 Å². The van der Waals surface area contributed by atoms with Crippen LogP contribution in [-0.2, 0) is 4.79 Å². The van der Waals surface area contributed by atoms with Crippen LogP contribution < -0.4 is 5.32 Å². The van der Waals surface area contributed by atoms with E-state index in [4.69, 9.17) is 5.11 Å². The van der Waals surface area contributed by atoms with Gasteiger partial charge in [0.1, 0.15) is 0 Å². The van der Waals surface area contributed by atoms with E-state index in [9.17, 15) is 14.9 Å². The Bertz CT molecular complexity index is 324. The molecule has 1 aromatic rings. The molecule has 0 aliphatic carbocycles. The number of carboxylic acids is 1. The van der Waals surface area contributed by atoms with Crippen LogP contribution >= 0.6 is 11.3 Å². The SMILES string of the molecule is O=C(O)[C@H](C[N+](=O)[O-])Nc1ccsc1. The van der Waals surface area contributed by atoms with Crippen molar-refractivity contribution in [3.63, 3.8) is 0 Å². The minimum absolute atomic E-state index is 0.587. The Morgan fingerprint density at radius 3 is 2.93 bits per heavy atom. The van der Waals surface area contributed by atoms with Gasteiger partial charge in [-0.1, -0.05) is 0 Å². The molecule has 1 rings (SSSR count). The highest BCUT2D eigenvalue weighted by Crippen LogP contribution is 2.13. The molecule has 7 heteroatoms. The molecular formula is C7H8N2O4S. The number of anilines is 1. The predicted molar refractivity (Wildman–Crippen MR) is 51.2 cm³/mol.